The normalized spacial score (nSPS) is 24.6. The summed E-state index contributed by atoms with van der Waals surface area (Å²) in [5, 5.41) is 3.13. The number of likely N-dealkylation sites (tertiary alicyclic amines) is 2. The van der Waals surface area contributed by atoms with E-state index in [-0.39, 0.29) is 11.3 Å². The molecule has 24 heavy (non-hydrogen) atoms. The molecule has 2 aliphatic heterocycles. The lowest BCUT2D eigenvalue weighted by molar-refractivity contribution is -0.128. The summed E-state index contributed by atoms with van der Waals surface area (Å²) in [6.45, 7) is 8.35. The van der Waals surface area contributed by atoms with Crippen molar-refractivity contribution in [2.75, 3.05) is 19.6 Å². The number of aromatic nitrogens is 1. The van der Waals surface area contributed by atoms with Crippen molar-refractivity contribution in [2.24, 2.45) is 5.41 Å². The Morgan fingerprint density at radius 2 is 2.17 bits per heavy atom. The fraction of sp³-hybridized carbons (Fsp3) is 0.556. The molecule has 4 rings (SSSR count). The monoisotopic (exact) mass is 345 g/mol. The van der Waals surface area contributed by atoms with Crippen molar-refractivity contribution in [1.29, 1.82) is 0 Å². The Bertz CT molecular complexity index is 753. The molecule has 0 N–H and O–H groups in total. The van der Waals surface area contributed by atoms with Gasteiger partial charge in [-0.15, -0.1) is 11.3 Å². The Labute approximate surface area is 146 Å². The highest BCUT2D eigenvalue weighted by Crippen LogP contribution is 2.41. The number of carbonyl (C=O) groups excluding carboxylic acids is 1. The predicted molar refractivity (Wildman–Crippen MR) is 92.7 cm³/mol. The maximum atomic E-state index is 12.5. The third-order valence-corrected chi connectivity index (χ3v) is 5.94. The zero-order chi connectivity index (χ0) is 16.7. The minimum atomic E-state index is 0.115. The first-order valence-electron chi connectivity index (χ1n) is 8.48. The lowest BCUT2D eigenvalue weighted by atomic mass is 9.86. The Hall–Kier alpha value is -1.66. The van der Waals surface area contributed by atoms with Crippen LogP contribution in [0.3, 0.4) is 0 Å². The smallest absolute Gasteiger partial charge is 0.223 e. The fourth-order valence-corrected chi connectivity index (χ4v) is 4.63. The van der Waals surface area contributed by atoms with Crippen molar-refractivity contribution >= 4 is 17.2 Å². The minimum absolute atomic E-state index is 0.115. The third-order valence-electron chi connectivity index (χ3n) is 5.12. The maximum Gasteiger partial charge on any atom is 0.223 e. The van der Waals surface area contributed by atoms with Crippen LogP contribution in [-0.2, 0) is 17.9 Å². The van der Waals surface area contributed by atoms with Crippen LogP contribution in [0, 0.1) is 19.3 Å². The molecular formula is C18H23N3O2S. The van der Waals surface area contributed by atoms with Crippen LogP contribution in [0.1, 0.15) is 35.1 Å². The number of amides is 1. The highest BCUT2D eigenvalue weighted by molar-refractivity contribution is 7.09. The summed E-state index contributed by atoms with van der Waals surface area (Å²) in [5.41, 5.74) is 1.13. The first-order chi connectivity index (χ1) is 11.5. The lowest BCUT2D eigenvalue weighted by Crippen LogP contribution is -2.31. The van der Waals surface area contributed by atoms with E-state index >= 15 is 0 Å². The zero-order valence-corrected chi connectivity index (χ0v) is 15.1. The molecule has 2 saturated heterocycles. The summed E-state index contributed by atoms with van der Waals surface area (Å²) in [7, 11) is 0. The van der Waals surface area contributed by atoms with Gasteiger partial charge in [-0.3, -0.25) is 9.69 Å². The van der Waals surface area contributed by atoms with E-state index < -0.39 is 0 Å². The quantitative estimate of drug-likeness (QED) is 0.855. The number of furan rings is 1. The van der Waals surface area contributed by atoms with Crippen molar-refractivity contribution in [2.45, 2.75) is 39.8 Å². The van der Waals surface area contributed by atoms with Gasteiger partial charge in [0.15, 0.2) is 0 Å². The first kappa shape index (κ1) is 15.8. The average Bonchev–Trinajstić information content (AvgIpc) is 3.26. The number of carbonyl (C=O) groups is 1. The number of rotatable bonds is 4. The summed E-state index contributed by atoms with van der Waals surface area (Å²) >= 11 is 1.65. The Morgan fingerprint density at radius 1 is 1.29 bits per heavy atom. The highest BCUT2D eigenvalue weighted by atomic mass is 32.1. The molecule has 1 spiro atoms. The third kappa shape index (κ3) is 3.13. The SMILES string of the molecule is Cc1ccc(CN2CCC3(CC(=O)N(Cc4csc(C)n4)C3)C2)o1. The van der Waals surface area contributed by atoms with Crippen LogP contribution >= 0.6 is 11.3 Å². The van der Waals surface area contributed by atoms with Gasteiger partial charge >= 0.3 is 0 Å². The predicted octanol–water partition coefficient (Wildman–Crippen LogP) is 2.98. The molecule has 0 bridgehead atoms. The lowest BCUT2D eigenvalue weighted by Gasteiger charge is -2.23. The van der Waals surface area contributed by atoms with E-state index in [9.17, 15) is 4.79 Å². The maximum absolute atomic E-state index is 12.5. The van der Waals surface area contributed by atoms with Crippen LogP contribution in [-0.4, -0.2) is 40.3 Å². The largest absolute Gasteiger partial charge is 0.465 e. The second-order valence-corrected chi connectivity index (χ2v) is 8.32. The van der Waals surface area contributed by atoms with Crippen molar-refractivity contribution in [3.8, 4) is 0 Å². The molecule has 6 heteroatoms. The molecule has 2 fully saturated rings. The summed E-state index contributed by atoms with van der Waals surface area (Å²) in [5.74, 6) is 2.25. The van der Waals surface area contributed by atoms with Crippen molar-refractivity contribution < 1.29 is 9.21 Å². The van der Waals surface area contributed by atoms with Gasteiger partial charge in [-0.1, -0.05) is 0 Å². The van der Waals surface area contributed by atoms with Gasteiger partial charge in [0, 0.05) is 30.3 Å². The Balaban J connectivity index is 1.39. The molecule has 0 aliphatic carbocycles. The van der Waals surface area contributed by atoms with Crippen LogP contribution in [0.4, 0.5) is 0 Å². The van der Waals surface area contributed by atoms with Gasteiger partial charge in [0.05, 0.1) is 23.8 Å². The molecule has 128 valence electrons. The minimum Gasteiger partial charge on any atom is -0.465 e. The van der Waals surface area contributed by atoms with Crippen molar-refractivity contribution in [1.82, 2.24) is 14.8 Å². The van der Waals surface area contributed by atoms with E-state index in [0.29, 0.717) is 13.0 Å². The molecule has 4 heterocycles. The van der Waals surface area contributed by atoms with Gasteiger partial charge < -0.3 is 9.32 Å². The second kappa shape index (κ2) is 6.01. The van der Waals surface area contributed by atoms with Crippen LogP contribution in [0.5, 0.6) is 0 Å². The van der Waals surface area contributed by atoms with Crippen molar-refractivity contribution in [3.05, 3.63) is 39.7 Å². The fourth-order valence-electron chi connectivity index (χ4n) is 4.03. The molecule has 0 radical (unpaired) electrons. The summed E-state index contributed by atoms with van der Waals surface area (Å²) in [6, 6.07) is 4.06. The Morgan fingerprint density at radius 3 is 2.88 bits per heavy atom. The van der Waals surface area contributed by atoms with E-state index in [1.54, 1.807) is 11.3 Å². The second-order valence-electron chi connectivity index (χ2n) is 7.26. The first-order valence-corrected chi connectivity index (χ1v) is 9.36. The summed E-state index contributed by atoms with van der Waals surface area (Å²) < 4.78 is 5.69. The van der Waals surface area contributed by atoms with Gasteiger partial charge in [0.25, 0.3) is 0 Å². The van der Waals surface area contributed by atoms with Crippen LogP contribution in [0.2, 0.25) is 0 Å². The number of nitrogens with zero attached hydrogens (tertiary/aromatic N) is 3. The van der Waals surface area contributed by atoms with Crippen LogP contribution in [0.15, 0.2) is 21.9 Å². The van der Waals surface area contributed by atoms with Crippen LogP contribution < -0.4 is 0 Å². The molecule has 2 aromatic rings. The topological polar surface area (TPSA) is 49.6 Å². The van der Waals surface area contributed by atoms with Crippen LogP contribution in [0.25, 0.3) is 0 Å². The van der Waals surface area contributed by atoms with E-state index in [4.69, 9.17) is 4.42 Å². The van der Waals surface area contributed by atoms with E-state index in [1.165, 1.54) is 0 Å². The van der Waals surface area contributed by atoms with Crippen molar-refractivity contribution in [3.63, 3.8) is 0 Å². The molecular weight excluding hydrogens is 322 g/mol. The number of aryl methyl sites for hydroxylation is 2. The molecule has 1 amide bonds. The van der Waals surface area contributed by atoms with Gasteiger partial charge in [0.1, 0.15) is 11.5 Å². The van der Waals surface area contributed by atoms with E-state index in [1.807, 2.05) is 24.8 Å². The number of hydrogen-bond acceptors (Lipinski definition) is 5. The van der Waals surface area contributed by atoms with Gasteiger partial charge in [-0.05, 0) is 38.9 Å². The summed E-state index contributed by atoms with van der Waals surface area (Å²) in [4.78, 5) is 21.4. The molecule has 1 atom stereocenters. The zero-order valence-electron chi connectivity index (χ0n) is 14.2. The molecule has 5 nitrogen and oxygen atoms in total. The van der Waals surface area contributed by atoms with E-state index in [0.717, 1.165) is 54.8 Å². The summed E-state index contributed by atoms with van der Waals surface area (Å²) in [6.07, 6.45) is 1.76. The average molecular weight is 345 g/mol. The highest BCUT2D eigenvalue weighted by Gasteiger charge is 2.47. The van der Waals surface area contributed by atoms with E-state index in [2.05, 4.69) is 21.3 Å². The number of thiazole rings is 1. The standard InChI is InChI=1S/C18H23N3O2S/c1-13-3-4-16(23-13)9-20-6-5-18(11-20)7-17(22)21(12-18)8-15-10-24-14(2)19-15/h3-4,10H,5-9,11-12H2,1-2H3. The molecule has 2 aromatic heterocycles. The van der Waals surface area contributed by atoms with Gasteiger partial charge in [-0.2, -0.15) is 0 Å². The molecule has 0 aromatic carbocycles. The van der Waals surface area contributed by atoms with Gasteiger partial charge in [0.2, 0.25) is 5.91 Å². The van der Waals surface area contributed by atoms with Gasteiger partial charge in [-0.25, -0.2) is 4.98 Å². The molecule has 0 saturated carbocycles. The molecule has 1 unspecified atom stereocenters. The molecule has 2 aliphatic rings. The number of hydrogen-bond donors (Lipinski definition) is 0. The Kier molecular flexibility index (Phi) is 3.96.